The highest BCUT2D eigenvalue weighted by Crippen LogP contribution is 2.48. The van der Waals surface area contributed by atoms with Crippen molar-refractivity contribution >= 4 is 24.7 Å². The molecule has 1 atom stereocenters. The zero-order valence-corrected chi connectivity index (χ0v) is 22.5. The monoisotopic (exact) mass is 419 g/mol. The van der Waals surface area contributed by atoms with E-state index >= 15 is 0 Å². The predicted octanol–water partition coefficient (Wildman–Crippen LogP) is 6.31. The van der Waals surface area contributed by atoms with Crippen molar-refractivity contribution in [2.45, 2.75) is 116 Å². The van der Waals surface area contributed by atoms with Gasteiger partial charge in [0.1, 0.15) is 0 Å². The first-order valence-electron chi connectivity index (χ1n) is 11.2. The Hall–Kier alpha value is 0.531. The molecule has 0 aromatic rings. The molecule has 6 heteroatoms. The van der Waals surface area contributed by atoms with Crippen LogP contribution in [-0.4, -0.2) is 42.7 Å². The zero-order chi connectivity index (χ0) is 20.5. The minimum absolute atomic E-state index is 0.0846. The third kappa shape index (κ3) is 5.12. The lowest BCUT2D eigenvalue weighted by atomic mass is 10.5. The molecule has 0 fully saturated rings. The van der Waals surface area contributed by atoms with E-state index in [1.54, 1.807) is 0 Å². The smallest absolute Gasteiger partial charge is 0.334 e. The van der Waals surface area contributed by atoms with Gasteiger partial charge in [0.25, 0.3) is 0 Å². The van der Waals surface area contributed by atoms with E-state index in [2.05, 4.69) is 61.9 Å². The summed E-state index contributed by atoms with van der Waals surface area (Å²) in [7, 11) is -5.40. The summed E-state index contributed by atoms with van der Waals surface area (Å²) in [5, 5.41) is 0. The Morgan fingerprint density at radius 2 is 1.15 bits per heavy atom. The van der Waals surface area contributed by atoms with Gasteiger partial charge in [-0.2, -0.15) is 0 Å². The van der Waals surface area contributed by atoms with Crippen LogP contribution in [0.2, 0.25) is 48.9 Å². The first kappa shape index (κ1) is 26.5. The highest BCUT2D eigenvalue weighted by molar-refractivity contribution is 7.02. The van der Waals surface area contributed by atoms with E-state index in [0.29, 0.717) is 0 Å². The molecule has 0 heterocycles. The molecule has 0 rings (SSSR count). The van der Waals surface area contributed by atoms with E-state index in [9.17, 15) is 0 Å². The van der Waals surface area contributed by atoms with Gasteiger partial charge in [-0.3, -0.25) is 0 Å². The fourth-order valence-corrected chi connectivity index (χ4v) is 26.0. The lowest BCUT2D eigenvalue weighted by Crippen LogP contribution is -2.74. The maximum atomic E-state index is 7.43. The average Bonchev–Trinajstić information content (AvgIpc) is 2.64. The second kappa shape index (κ2) is 11.5. The molecule has 2 N–H and O–H groups in total. The van der Waals surface area contributed by atoms with Crippen molar-refractivity contribution in [1.82, 2.24) is 0 Å². The average molecular weight is 420 g/mol. The number of rotatable bonds is 15. The molecule has 0 aliphatic heterocycles. The molecule has 0 amide bonds. The first-order valence-corrected chi connectivity index (χ1v) is 19.0. The van der Waals surface area contributed by atoms with Crippen LogP contribution in [0.1, 0.15) is 61.8 Å². The number of nitrogens with two attached hydrogens (primary N) is 1. The summed E-state index contributed by atoms with van der Waals surface area (Å²) in [6.07, 6.45) is 1.01. The molecule has 0 aromatic heterocycles. The van der Waals surface area contributed by atoms with E-state index in [1.165, 1.54) is 36.3 Å². The standard InChI is InChI=1S/C20H49NO2Si3/c1-10-22-24(9,19-17-18-21)23-20(8,25(11-2,12-3)13-4)26(14-5,15-6)16-7/h10-19,21H2,1-9H3. The Morgan fingerprint density at radius 1 is 0.769 bits per heavy atom. The van der Waals surface area contributed by atoms with E-state index < -0.39 is 24.7 Å². The minimum atomic E-state index is -2.23. The van der Waals surface area contributed by atoms with Gasteiger partial charge in [0, 0.05) is 11.5 Å². The Bertz CT molecular complexity index is 351. The van der Waals surface area contributed by atoms with E-state index in [1.807, 2.05) is 0 Å². The van der Waals surface area contributed by atoms with Crippen molar-refractivity contribution in [3.63, 3.8) is 0 Å². The molecular formula is C20H49NO2Si3. The highest BCUT2D eigenvalue weighted by Gasteiger charge is 2.61. The van der Waals surface area contributed by atoms with Gasteiger partial charge < -0.3 is 14.6 Å². The molecule has 0 saturated heterocycles. The zero-order valence-electron chi connectivity index (χ0n) is 19.5. The van der Waals surface area contributed by atoms with Gasteiger partial charge >= 0.3 is 8.56 Å². The van der Waals surface area contributed by atoms with Gasteiger partial charge in [-0.25, -0.2) is 0 Å². The van der Waals surface area contributed by atoms with Crippen LogP contribution in [0.4, 0.5) is 0 Å². The van der Waals surface area contributed by atoms with E-state index in [4.69, 9.17) is 14.6 Å². The molecule has 0 bridgehead atoms. The lowest BCUT2D eigenvalue weighted by molar-refractivity contribution is 0.133. The molecule has 3 nitrogen and oxygen atoms in total. The highest BCUT2D eigenvalue weighted by atomic mass is 28.4. The van der Waals surface area contributed by atoms with Gasteiger partial charge in [-0.05, 0) is 39.4 Å². The summed E-state index contributed by atoms with van der Waals surface area (Å²) in [6, 6.07) is 8.93. The second-order valence-electron chi connectivity index (χ2n) is 8.28. The molecule has 0 aliphatic carbocycles. The third-order valence-corrected chi connectivity index (χ3v) is 26.8. The molecule has 1 unspecified atom stereocenters. The van der Waals surface area contributed by atoms with Crippen LogP contribution in [0.25, 0.3) is 0 Å². The van der Waals surface area contributed by atoms with Gasteiger partial charge in [-0.15, -0.1) is 0 Å². The number of hydrogen-bond donors (Lipinski definition) is 1. The molecule has 158 valence electrons. The van der Waals surface area contributed by atoms with Gasteiger partial charge in [0.15, 0.2) is 0 Å². The van der Waals surface area contributed by atoms with Gasteiger partial charge in [0.05, 0.1) is 16.1 Å². The summed E-state index contributed by atoms with van der Waals surface area (Å²) < 4.78 is 13.8. The maximum Gasteiger partial charge on any atom is 0.334 e. The van der Waals surface area contributed by atoms with Crippen LogP contribution in [0.15, 0.2) is 0 Å². The van der Waals surface area contributed by atoms with Crippen LogP contribution in [0.5, 0.6) is 0 Å². The van der Waals surface area contributed by atoms with Crippen molar-refractivity contribution < 1.29 is 8.85 Å². The fourth-order valence-electron chi connectivity index (χ4n) is 5.62. The summed E-state index contributed by atoms with van der Waals surface area (Å²) in [5.41, 5.74) is 5.85. The summed E-state index contributed by atoms with van der Waals surface area (Å²) in [5.74, 6) is 0. The van der Waals surface area contributed by atoms with Crippen LogP contribution >= 0.6 is 0 Å². The quantitative estimate of drug-likeness (QED) is 0.316. The van der Waals surface area contributed by atoms with Gasteiger partial charge in [-0.1, -0.05) is 77.8 Å². The summed E-state index contributed by atoms with van der Waals surface area (Å²) in [4.78, 5) is 0.0846. The molecule has 0 aliphatic rings. The second-order valence-corrected chi connectivity index (χ2v) is 23.3. The SMILES string of the molecule is CCO[Si](C)(CCCN)OC(C)([Si](CC)(CC)CC)[Si](CC)(CC)CC. The molecule has 0 saturated carbocycles. The van der Waals surface area contributed by atoms with Crippen molar-refractivity contribution in [1.29, 1.82) is 0 Å². The largest absolute Gasteiger partial charge is 0.395 e. The summed E-state index contributed by atoms with van der Waals surface area (Å²) in [6.45, 7) is 23.0. The van der Waals surface area contributed by atoms with Crippen molar-refractivity contribution in [2.75, 3.05) is 13.2 Å². The van der Waals surface area contributed by atoms with Crippen LogP contribution < -0.4 is 5.73 Å². The maximum absolute atomic E-state index is 7.43. The Balaban J connectivity index is 6.39. The van der Waals surface area contributed by atoms with Gasteiger partial charge in [0.2, 0.25) is 0 Å². The Labute approximate surface area is 168 Å². The van der Waals surface area contributed by atoms with Crippen molar-refractivity contribution in [2.24, 2.45) is 5.73 Å². The molecule has 26 heavy (non-hydrogen) atoms. The number of hydrogen-bond acceptors (Lipinski definition) is 3. The molecular weight excluding hydrogens is 370 g/mol. The first-order chi connectivity index (χ1) is 12.2. The summed E-state index contributed by atoms with van der Waals surface area (Å²) >= 11 is 0. The predicted molar refractivity (Wildman–Crippen MR) is 126 cm³/mol. The van der Waals surface area contributed by atoms with Crippen LogP contribution in [-0.2, 0) is 8.85 Å². The van der Waals surface area contributed by atoms with Crippen LogP contribution in [0.3, 0.4) is 0 Å². The van der Waals surface area contributed by atoms with E-state index in [0.717, 1.165) is 25.6 Å². The third-order valence-electron chi connectivity index (χ3n) is 7.79. The lowest BCUT2D eigenvalue weighted by Gasteiger charge is -2.59. The topological polar surface area (TPSA) is 44.5 Å². The molecule has 0 aromatic carbocycles. The minimum Gasteiger partial charge on any atom is -0.395 e. The molecule has 0 spiro atoms. The van der Waals surface area contributed by atoms with Crippen LogP contribution in [0, 0.1) is 0 Å². The fraction of sp³-hybridized carbons (Fsp3) is 1.00. The normalized spacial score (nSPS) is 15.9. The van der Waals surface area contributed by atoms with Crippen molar-refractivity contribution in [3.05, 3.63) is 0 Å². The van der Waals surface area contributed by atoms with E-state index in [-0.39, 0.29) is 4.85 Å². The van der Waals surface area contributed by atoms with Crippen molar-refractivity contribution in [3.8, 4) is 0 Å². The molecule has 0 radical (unpaired) electrons. The Kier molecular flexibility index (Phi) is 11.7. The Morgan fingerprint density at radius 3 is 1.42 bits per heavy atom.